The lowest BCUT2D eigenvalue weighted by atomic mass is 9.99. The molecule has 2 aromatic carbocycles. The Labute approximate surface area is 174 Å². The van der Waals surface area contributed by atoms with Crippen LogP contribution in [0.1, 0.15) is 48.6 Å². The molecule has 0 saturated carbocycles. The predicted molar refractivity (Wildman–Crippen MR) is 124 cm³/mol. The highest BCUT2D eigenvalue weighted by Crippen LogP contribution is 2.25. The highest BCUT2D eigenvalue weighted by molar-refractivity contribution is 5.75. The van der Waals surface area contributed by atoms with Crippen LogP contribution in [0.5, 0.6) is 0 Å². The number of piperidine rings is 1. The molecule has 1 aromatic heterocycles. The van der Waals surface area contributed by atoms with Crippen LogP contribution in [0.15, 0.2) is 66.9 Å². The van der Waals surface area contributed by atoms with Gasteiger partial charge in [-0.2, -0.15) is 0 Å². The summed E-state index contributed by atoms with van der Waals surface area (Å²) in [5.41, 5.74) is 7.33. The minimum absolute atomic E-state index is 0.703. The van der Waals surface area contributed by atoms with Crippen molar-refractivity contribution in [3.8, 4) is 11.1 Å². The fourth-order valence-corrected chi connectivity index (χ4v) is 4.19. The van der Waals surface area contributed by atoms with E-state index in [4.69, 9.17) is 0 Å². The van der Waals surface area contributed by atoms with Crippen LogP contribution in [0.3, 0.4) is 0 Å². The molecule has 1 saturated heterocycles. The molecule has 2 nitrogen and oxygen atoms in total. The first-order valence-electron chi connectivity index (χ1n) is 10.7. The molecular weight excluding hydrogens is 352 g/mol. The normalized spacial score (nSPS) is 17.7. The summed E-state index contributed by atoms with van der Waals surface area (Å²) in [6.45, 7) is 6.80. The third-order valence-corrected chi connectivity index (χ3v) is 6.07. The van der Waals surface area contributed by atoms with Crippen molar-refractivity contribution < 1.29 is 0 Å². The summed E-state index contributed by atoms with van der Waals surface area (Å²) >= 11 is 0. The summed E-state index contributed by atoms with van der Waals surface area (Å²) in [6, 6.07) is 22.3. The lowest BCUT2D eigenvalue weighted by molar-refractivity contribution is 0.152. The van der Waals surface area contributed by atoms with E-state index in [1.54, 1.807) is 0 Å². The van der Waals surface area contributed by atoms with Crippen molar-refractivity contribution in [2.45, 2.75) is 45.7 Å². The second-order valence-corrected chi connectivity index (χ2v) is 8.12. The highest BCUT2D eigenvalue weighted by atomic mass is 15.2. The Morgan fingerprint density at radius 2 is 1.76 bits per heavy atom. The maximum atomic E-state index is 4.59. The molecule has 0 radical (unpaired) electrons. The van der Waals surface area contributed by atoms with Crippen molar-refractivity contribution in [2.75, 3.05) is 6.54 Å². The third-order valence-electron chi connectivity index (χ3n) is 6.07. The Balaban J connectivity index is 1.47. The Hall–Kier alpha value is -2.71. The average Bonchev–Trinajstić information content (AvgIpc) is 2.76. The summed E-state index contributed by atoms with van der Waals surface area (Å²) < 4.78 is 0. The Morgan fingerprint density at radius 1 is 0.966 bits per heavy atom. The van der Waals surface area contributed by atoms with Gasteiger partial charge >= 0.3 is 0 Å². The van der Waals surface area contributed by atoms with Gasteiger partial charge in [0, 0.05) is 18.8 Å². The highest BCUT2D eigenvalue weighted by Gasteiger charge is 2.17. The van der Waals surface area contributed by atoms with Gasteiger partial charge in [-0.25, -0.2) is 0 Å². The van der Waals surface area contributed by atoms with E-state index >= 15 is 0 Å². The Bertz CT molecular complexity index is 958. The van der Waals surface area contributed by atoms with Crippen LogP contribution in [0, 0.1) is 6.92 Å². The number of rotatable bonds is 5. The first-order chi connectivity index (χ1) is 14.2. The van der Waals surface area contributed by atoms with E-state index in [0.29, 0.717) is 6.04 Å². The molecule has 1 atom stereocenters. The molecule has 148 valence electrons. The lowest BCUT2D eigenvalue weighted by Gasteiger charge is -2.33. The molecule has 0 aliphatic carbocycles. The van der Waals surface area contributed by atoms with Crippen molar-refractivity contribution in [2.24, 2.45) is 0 Å². The first-order valence-corrected chi connectivity index (χ1v) is 10.7. The molecule has 1 fully saturated rings. The molecular formula is C27H30N2. The van der Waals surface area contributed by atoms with E-state index in [-0.39, 0.29) is 0 Å². The zero-order valence-electron chi connectivity index (χ0n) is 17.5. The summed E-state index contributed by atoms with van der Waals surface area (Å²) in [4.78, 5) is 7.20. The summed E-state index contributed by atoms with van der Waals surface area (Å²) in [5.74, 6) is 0. The van der Waals surface area contributed by atoms with Crippen LogP contribution < -0.4 is 0 Å². The van der Waals surface area contributed by atoms with Crippen LogP contribution in [0.4, 0.5) is 0 Å². The van der Waals surface area contributed by atoms with Crippen molar-refractivity contribution in [1.29, 1.82) is 0 Å². The maximum absolute atomic E-state index is 4.59. The largest absolute Gasteiger partial charge is 0.296 e. The standard InChI is InChI=1S/C27H30N2/c1-21-8-6-7-19-29(21)20-24-13-11-23(12-14-24)15-16-27-22(2)26(17-18-28-27)25-9-4-3-5-10-25/h3-5,9-18,21H,6-8,19-20H2,1-2H3/b16-15+/t21-/m1/s1. The second-order valence-electron chi connectivity index (χ2n) is 8.12. The minimum atomic E-state index is 0.703. The van der Waals surface area contributed by atoms with E-state index < -0.39 is 0 Å². The van der Waals surface area contributed by atoms with Crippen molar-refractivity contribution in [1.82, 2.24) is 9.88 Å². The van der Waals surface area contributed by atoms with Crippen molar-refractivity contribution in [3.63, 3.8) is 0 Å². The molecule has 0 unspecified atom stereocenters. The number of hydrogen-bond acceptors (Lipinski definition) is 2. The fourth-order valence-electron chi connectivity index (χ4n) is 4.19. The molecule has 2 heterocycles. The van der Waals surface area contributed by atoms with Crippen LogP contribution in [-0.2, 0) is 6.54 Å². The minimum Gasteiger partial charge on any atom is -0.296 e. The second kappa shape index (κ2) is 9.19. The number of likely N-dealkylation sites (tertiary alicyclic amines) is 1. The Kier molecular flexibility index (Phi) is 6.21. The number of pyridine rings is 1. The summed E-state index contributed by atoms with van der Waals surface area (Å²) in [5, 5.41) is 0. The molecule has 1 aliphatic heterocycles. The molecule has 29 heavy (non-hydrogen) atoms. The number of benzene rings is 2. The topological polar surface area (TPSA) is 16.1 Å². The molecule has 2 heteroatoms. The molecule has 1 aliphatic rings. The molecule has 0 bridgehead atoms. The van der Waals surface area contributed by atoms with Gasteiger partial charge in [-0.15, -0.1) is 0 Å². The molecule has 4 rings (SSSR count). The first kappa shape index (κ1) is 19.6. The SMILES string of the molecule is Cc1c(-c2ccccc2)ccnc1/C=C/c1ccc(CN2CCCC[C@H]2C)cc1. The van der Waals surface area contributed by atoms with Gasteiger partial charge in [0.2, 0.25) is 0 Å². The molecule has 0 amide bonds. The third kappa shape index (κ3) is 4.83. The average molecular weight is 383 g/mol. The molecule has 0 spiro atoms. The van der Waals surface area contributed by atoms with Crippen LogP contribution in [0.2, 0.25) is 0 Å². The fraction of sp³-hybridized carbons (Fsp3) is 0.296. The van der Waals surface area contributed by atoms with Gasteiger partial charge in [0.05, 0.1) is 5.69 Å². The maximum Gasteiger partial charge on any atom is 0.0665 e. The summed E-state index contributed by atoms with van der Waals surface area (Å²) in [7, 11) is 0. The quantitative estimate of drug-likeness (QED) is 0.494. The smallest absolute Gasteiger partial charge is 0.0665 e. The van der Waals surface area contributed by atoms with E-state index in [1.807, 2.05) is 6.20 Å². The van der Waals surface area contributed by atoms with E-state index in [9.17, 15) is 0 Å². The van der Waals surface area contributed by atoms with Gasteiger partial charge in [-0.1, -0.05) is 67.1 Å². The van der Waals surface area contributed by atoms with E-state index in [1.165, 1.54) is 53.6 Å². The zero-order chi connectivity index (χ0) is 20.1. The van der Waals surface area contributed by atoms with E-state index in [2.05, 4.69) is 96.5 Å². The Morgan fingerprint density at radius 3 is 2.52 bits per heavy atom. The number of nitrogens with zero attached hydrogens (tertiary/aromatic N) is 2. The van der Waals surface area contributed by atoms with Crippen LogP contribution in [-0.4, -0.2) is 22.5 Å². The van der Waals surface area contributed by atoms with Gasteiger partial charge in [0.1, 0.15) is 0 Å². The van der Waals surface area contributed by atoms with Gasteiger partial charge < -0.3 is 0 Å². The van der Waals surface area contributed by atoms with Crippen molar-refractivity contribution in [3.05, 3.63) is 89.2 Å². The molecule has 0 N–H and O–H groups in total. The van der Waals surface area contributed by atoms with Crippen LogP contribution >= 0.6 is 0 Å². The van der Waals surface area contributed by atoms with Gasteiger partial charge in [-0.3, -0.25) is 9.88 Å². The van der Waals surface area contributed by atoms with Gasteiger partial charge in [-0.05, 0) is 73.2 Å². The number of aromatic nitrogens is 1. The summed E-state index contributed by atoms with van der Waals surface area (Å²) in [6.07, 6.45) is 10.2. The van der Waals surface area contributed by atoms with Gasteiger partial charge in [0.15, 0.2) is 0 Å². The monoisotopic (exact) mass is 382 g/mol. The van der Waals surface area contributed by atoms with Crippen LogP contribution in [0.25, 0.3) is 23.3 Å². The predicted octanol–water partition coefficient (Wildman–Crippen LogP) is 6.60. The molecule has 3 aromatic rings. The van der Waals surface area contributed by atoms with Gasteiger partial charge in [0.25, 0.3) is 0 Å². The van der Waals surface area contributed by atoms with Crippen molar-refractivity contribution >= 4 is 12.2 Å². The van der Waals surface area contributed by atoms with E-state index in [0.717, 1.165) is 12.2 Å². The number of hydrogen-bond donors (Lipinski definition) is 0. The lowest BCUT2D eigenvalue weighted by Crippen LogP contribution is -2.36. The zero-order valence-corrected chi connectivity index (χ0v) is 17.5.